The first kappa shape index (κ1) is 16.8. The van der Waals surface area contributed by atoms with Crippen LogP contribution in [0.15, 0.2) is 40.8 Å². The van der Waals surface area contributed by atoms with Crippen molar-refractivity contribution in [1.29, 1.82) is 0 Å². The largest absolute Gasteiger partial charge is 0.504 e. The number of nitrogens with one attached hydrogen (secondary N) is 1. The molecule has 2 N–H and O–H groups in total. The average molecular weight is 340 g/mol. The zero-order valence-corrected chi connectivity index (χ0v) is 14.6. The van der Waals surface area contributed by atoms with Crippen LogP contribution in [0, 0.1) is 0 Å². The smallest absolute Gasteiger partial charge is 0.259 e. The lowest BCUT2D eigenvalue weighted by Crippen LogP contribution is -2.12. The van der Waals surface area contributed by atoms with Gasteiger partial charge in [-0.05, 0) is 30.3 Å². The molecule has 3 rings (SSSR count). The first-order valence-corrected chi connectivity index (χ1v) is 7.88. The number of para-hydroxylation sites is 1. The molecule has 3 aromatic rings. The number of hydrogen-bond donors (Lipinski definition) is 2. The van der Waals surface area contributed by atoms with Crippen LogP contribution in [-0.2, 0) is 5.41 Å². The third-order valence-electron chi connectivity index (χ3n) is 3.75. The van der Waals surface area contributed by atoms with Gasteiger partial charge in [0.15, 0.2) is 17.1 Å². The third-order valence-corrected chi connectivity index (χ3v) is 3.75. The van der Waals surface area contributed by atoms with Crippen LogP contribution in [0.5, 0.6) is 11.5 Å². The van der Waals surface area contributed by atoms with Crippen LogP contribution in [0.4, 0.5) is 5.69 Å². The van der Waals surface area contributed by atoms with Crippen LogP contribution in [-0.4, -0.2) is 23.1 Å². The average Bonchev–Trinajstić information content (AvgIpc) is 2.98. The Labute approximate surface area is 145 Å². The monoisotopic (exact) mass is 340 g/mol. The highest BCUT2D eigenvalue weighted by atomic mass is 16.5. The van der Waals surface area contributed by atoms with Crippen molar-refractivity contribution in [2.75, 3.05) is 12.4 Å². The highest BCUT2D eigenvalue weighted by Crippen LogP contribution is 2.31. The molecule has 1 heterocycles. The van der Waals surface area contributed by atoms with Gasteiger partial charge >= 0.3 is 0 Å². The Morgan fingerprint density at radius 1 is 1.24 bits per heavy atom. The number of ether oxygens (including phenoxy) is 1. The number of carbonyl (C=O) groups is 1. The number of aromatic hydroxyl groups is 1. The highest BCUT2D eigenvalue weighted by Gasteiger charge is 2.21. The number of amides is 1. The first-order chi connectivity index (χ1) is 11.8. The second kappa shape index (κ2) is 6.12. The van der Waals surface area contributed by atoms with E-state index in [2.05, 4.69) is 10.3 Å². The van der Waals surface area contributed by atoms with E-state index in [9.17, 15) is 9.90 Å². The molecule has 0 unspecified atom stereocenters. The summed E-state index contributed by atoms with van der Waals surface area (Å²) in [5, 5.41) is 12.8. The second-order valence-electron chi connectivity index (χ2n) is 6.76. The second-order valence-corrected chi connectivity index (χ2v) is 6.76. The quantitative estimate of drug-likeness (QED) is 0.750. The number of methoxy groups -OCH3 is 1. The predicted octanol–water partition coefficient (Wildman–Crippen LogP) is 4.09. The minimum Gasteiger partial charge on any atom is -0.504 e. The zero-order chi connectivity index (χ0) is 18.2. The number of phenolic OH excluding ortho intramolecular Hbond substituents is 1. The number of aromatic nitrogens is 1. The molecule has 6 nitrogen and oxygen atoms in total. The van der Waals surface area contributed by atoms with E-state index in [1.54, 1.807) is 30.3 Å². The number of oxazole rings is 1. The van der Waals surface area contributed by atoms with Crippen molar-refractivity contribution in [1.82, 2.24) is 4.98 Å². The van der Waals surface area contributed by atoms with E-state index in [-0.39, 0.29) is 22.5 Å². The number of phenols is 1. The summed E-state index contributed by atoms with van der Waals surface area (Å²) >= 11 is 0. The fourth-order valence-electron chi connectivity index (χ4n) is 2.39. The summed E-state index contributed by atoms with van der Waals surface area (Å²) < 4.78 is 10.8. The molecule has 0 aliphatic carbocycles. The fourth-order valence-corrected chi connectivity index (χ4v) is 2.39. The third kappa shape index (κ3) is 3.28. The van der Waals surface area contributed by atoms with Crippen LogP contribution >= 0.6 is 0 Å². The van der Waals surface area contributed by atoms with Gasteiger partial charge in [0.05, 0.1) is 12.7 Å². The first-order valence-electron chi connectivity index (χ1n) is 7.88. The predicted molar refractivity (Wildman–Crippen MR) is 95.3 cm³/mol. The van der Waals surface area contributed by atoms with E-state index < -0.39 is 5.91 Å². The van der Waals surface area contributed by atoms with Crippen molar-refractivity contribution in [3.05, 3.63) is 47.9 Å². The van der Waals surface area contributed by atoms with Gasteiger partial charge in [0.1, 0.15) is 5.52 Å². The maximum absolute atomic E-state index is 12.4. The highest BCUT2D eigenvalue weighted by molar-refractivity contribution is 6.07. The summed E-state index contributed by atoms with van der Waals surface area (Å²) in [7, 11) is 1.43. The van der Waals surface area contributed by atoms with Crippen LogP contribution in [0.1, 0.15) is 37.0 Å². The van der Waals surface area contributed by atoms with Gasteiger partial charge in [0, 0.05) is 11.1 Å². The molecule has 0 aliphatic heterocycles. The number of hydrogen-bond acceptors (Lipinski definition) is 5. The lowest BCUT2D eigenvalue weighted by molar-refractivity contribution is 0.102. The minimum atomic E-state index is -0.435. The van der Waals surface area contributed by atoms with Gasteiger partial charge in [0.25, 0.3) is 5.91 Å². The molecule has 6 heteroatoms. The fraction of sp³-hybridized carbons (Fsp3) is 0.263. The summed E-state index contributed by atoms with van der Waals surface area (Å²) in [6.07, 6.45) is 0. The van der Waals surface area contributed by atoms with Crippen LogP contribution in [0.2, 0.25) is 0 Å². The van der Waals surface area contributed by atoms with Gasteiger partial charge in [-0.1, -0.05) is 26.8 Å². The number of anilines is 1. The minimum absolute atomic E-state index is 0.134. The van der Waals surface area contributed by atoms with E-state index in [0.717, 1.165) is 0 Å². The van der Waals surface area contributed by atoms with Gasteiger partial charge < -0.3 is 19.6 Å². The molecule has 1 aromatic heterocycles. The number of nitrogens with zero attached hydrogens (tertiary/aromatic N) is 1. The molecule has 25 heavy (non-hydrogen) atoms. The normalized spacial score (nSPS) is 11.5. The van der Waals surface area contributed by atoms with Gasteiger partial charge in [-0.3, -0.25) is 4.79 Å². The zero-order valence-electron chi connectivity index (χ0n) is 14.6. The van der Waals surface area contributed by atoms with Crippen molar-refractivity contribution >= 4 is 22.7 Å². The molecule has 2 aromatic carbocycles. The number of fused-ring (bicyclic) bond motifs is 1. The topological polar surface area (TPSA) is 84.6 Å². The number of benzene rings is 2. The summed E-state index contributed by atoms with van der Waals surface area (Å²) in [5.74, 6) is 0.251. The van der Waals surface area contributed by atoms with Gasteiger partial charge in [-0.15, -0.1) is 0 Å². The van der Waals surface area contributed by atoms with E-state index in [0.29, 0.717) is 22.7 Å². The van der Waals surface area contributed by atoms with Gasteiger partial charge in [-0.2, -0.15) is 0 Å². The van der Waals surface area contributed by atoms with E-state index >= 15 is 0 Å². The maximum Gasteiger partial charge on any atom is 0.259 e. The van der Waals surface area contributed by atoms with Crippen molar-refractivity contribution in [2.24, 2.45) is 0 Å². The molecule has 1 amide bonds. The van der Waals surface area contributed by atoms with Gasteiger partial charge in [-0.25, -0.2) is 4.98 Å². The Bertz CT molecular complexity index is 938. The van der Waals surface area contributed by atoms with Crippen molar-refractivity contribution in [3.8, 4) is 11.5 Å². The number of carbonyl (C=O) groups excluding carboxylic acids is 1. The summed E-state index contributed by atoms with van der Waals surface area (Å²) in [6.45, 7) is 6.06. The Hall–Kier alpha value is -3.02. The van der Waals surface area contributed by atoms with E-state index in [4.69, 9.17) is 9.15 Å². The molecule has 0 radical (unpaired) electrons. The molecule has 0 atom stereocenters. The number of rotatable bonds is 3. The Morgan fingerprint density at radius 2 is 2.00 bits per heavy atom. The van der Waals surface area contributed by atoms with E-state index in [1.807, 2.05) is 20.8 Å². The lowest BCUT2D eigenvalue weighted by Gasteiger charge is -2.11. The molecule has 0 saturated carbocycles. The molecule has 0 spiro atoms. The summed E-state index contributed by atoms with van der Waals surface area (Å²) in [4.78, 5) is 16.9. The molecule has 0 aliphatic rings. The van der Waals surface area contributed by atoms with E-state index in [1.165, 1.54) is 13.2 Å². The maximum atomic E-state index is 12.4. The lowest BCUT2D eigenvalue weighted by atomic mass is 9.97. The molecular weight excluding hydrogens is 320 g/mol. The Kier molecular flexibility index (Phi) is 4.12. The van der Waals surface area contributed by atoms with Crippen LogP contribution in [0.25, 0.3) is 11.1 Å². The Morgan fingerprint density at radius 3 is 2.68 bits per heavy atom. The molecule has 130 valence electrons. The molecule has 0 saturated heterocycles. The van der Waals surface area contributed by atoms with Crippen LogP contribution in [0.3, 0.4) is 0 Å². The molecular formula is C19H20N2O4. The van der Waals surface area contributed by atoms with Gasteiger partial charge in [0.2, 0.25) is 5.89 Å². The van der Waals surface area contributed by atoms with Crippen LogP contribution < -0.4 is 10.1 Å². The molecule has 0 bridgehead atoms. The SMILES string of the molecule is COc1cccc(C(=O)Nc2ccc3oc(C(C)(C)C)nc3c2)c1O. The molecule has 0 fully saturated rings. The standard InChI is InChI=1S/C19H20N2O4/c1-19(2,3)18-21-13-10-11(8-9-14(13)25-18)20-17(23)12-6-5-7-15(24-4)16(12)22/h5-10,22H,1-4H3,(H,20,23). The van der Waals surface area contributed by atoms with Crippen molar-refractivity contribution in [3.63, 3.8) is 0 Å². The van der Waals surface area contributed by atoms with Crippen molar-refractivity contribution < 1.29 is 19.1 Å². The Balaban J connectivity index is 1.89. The summed E-state index contributed by atoms with van der Waals surface area (Å²) in [6, 6.07) is 9.99. The van der Waals surface area contributed by atoms with Crippen molar-refractivity contribution in [2.45, 2.75) is 26.2 Å². The summed E-state index contributed by atoms with van der Waals surface area (Å²) in [5.41, 5.74) is 1.82.